The van der Waals surface area contributed by atoms with Crippen molar-refractivity contribution in [2.45, 2.75) is 0 Å². The molecule has 0 saturated heterocycles. The number of aromatic nitrogens is 1. The Hall–Kier alpha value is -7.62. The van der Waals surface area contributed by atoms with Crippen molar-refractivity contribution in [2.24, 2.45) is 0 Å². The predicted octanol–water partition coefficient (Wildman–Crippen LogP) is 15.2. The number of hydrogen-bond donors (Lipinski definition) is 0. The third-order valence-corrected chi connectivity index (χ3v) is 11.2. The first-order chi connectivity index (χ1) is 28.3. The van der Waals surface area contributed by atoms with E-state index in [1.54, 1.807) is 0 Å². The average Bonchev–Trinajstić information content (AvgIpc) is 3.84. The third-order valence-electron chi connectivity index (χ3n) is 11.2. The van der Waals surface area contributed by atoms with E-state index in [9.17, 15) is 0 Å². The number of benzene rings is 9. The van der Waals surface area contributed by atoms with Gasteiger partial charge in [-0.1, -0.05) is 140 Å². The minimum Gasteiger partial charge on any atom is -0.456 e. The van der Waals surface area contributed by atoms with Gasteiger partial charge in [0.2, 0.25) is 0 Å². The molecule has 0 saturated carbocycles. The summed E-state index contributed by atoms with van der Waals surface area (Å²) in [6, 6.07) is 78.0. The van der Waals surface area contributed by atoms with Crippen molar-refractivity contribution in [3.8, 4) is 39.1 Å². The molecule has 0 aliphatic carbocycles. The summed E-state index contributed by atoms with van der Waals surface area (Å²) in [5.74, 6) is 0. The Labute approximate surface area is 330 Å². The Morgan fingerprint density at radius 2 is 0.825 bits per heavy atom. The van der Waals surface area contributed by atoms with E-state index < -0.39 is 0 Å². The number of fused-ring (bicyclic) bond motifs is 6. The fraction of sp³-hybridized carbons (Fsp3) is 0. The summed E-state index contributed by atoms with van der Waals surface area (Å²) in [5, 5.41) is 4.84. The smallest absolute Gasteiger partial charge is 0.136 e. The highest BCUT2D eigenvalue weighted by Crippen LogP contribution is 2.40. The normalized spacial score (nSPS) is 11.5. The lowest BCUT2D eigenvalue weighted by atomic mass is 9.96. The fourth-order valence-corrected chi connectivity index (χ4v) is 8.52. The number of nitrogens with zero attached hydrogens (tertiary/aromatic N) is 2. The van der Waals surface area contributed by atoms with Gasteiger partial charge >= 0.3 is 0 Å². The molecule has 0 bridgehead atoms. The van der Waals surface area contributed by atoms with E-state index in [1.807, 2.05) is 12.1 Å². The van der Waals surface area contributed by atoms with Gasteiger partial charge < -0.3 is 13.9 Å². The molecule has 0 atom stereocenters. The van der Waals surface area contributed by atoms with Crippen molar-refractivity contribution < 1.29 is 4.42 Å². The molecule has 0 unspecified atom stereocenters. The Bertz CT molecular complexity index is 3160. The Kier molecular flexibility index (Phi) is 7.82. The molecular weight excluding hydrogens is 693 g/mol. The van der Waals surface area contributed by atoms with Gasteiger partial charge in [0.25, 0.3) is 0 Å². The number of hydrogen-bond acceptors (Lipinski definition) is 2. The van der Waals surface area contributed by atoms with Crippen molar-refractivity contribution in [3.05, 3.63) is 218 Å². The van der Waals surface area contributed by atoms with Crippen molar-refractivity contribution in [1.29, 1.82) is 0 Å². The van der Waals surface area contributed by atoms with Crippen LogP contribution in [0.3, 0.4) is 0 Å². The van der Waals surface area contributed by atoms with E-state index in [-0.39, 0.29) is 0 Å². The fourth-order valence-electron chi connectivity index (χ4n) is 8.52. The molecule has 0 amide bonds. The summed E-state index contributed by atoms with van der Waals surface area (Å²) in [4.78, 5) is 2.32. The maximum atomic E-state index is 6.20. The minimum absolute atomic E-state index is 0.908. The van der Waals surface area contributed by atoms with Crippen LogP contribution in [-0.2, 0) is 0 Å². The van der Waals surface area contributed by atoms with Gasteiger partial charge in [-0.2, -0.15) is 0 Å². The van der Waals surface area contributed by atoms with Gasteiger partial charge in [0.05, 0.1) is 11.0 Å². The van der Waals surface area contributed by atoms with Crippen molar-refractivity contribution >= 4 is 60.8 Å². The van der Waals surface area contributed by atoms with Crippen molar-refractivity contribution in [3.63, 3.8) is 0 Å². The zero-order valence-corrected chi connectivity index (χ0v) is 31.1. The van der Waals surface area contributed by atoms with Crippen LogP contribution in [0.2, 0.25) is 0 Å². The Balaban J connectivity index is 0.900. The van der Waals surface area contributed by atoms with E-state index >= 15 is 0 Å². The maximum Gasteiger partial charge on any atom is 0.136 e. The second-order valence-electron chi connectivity index (χ2n) is 14.5. The molecule has 57 heavy (non-hydrogen) atoms. The summed E-state index contributed by atoms with van der Waals surface area (Å²) >= 11 is 0. The Morgan fingerprint density at radius 3 is 1.49 bits per heavy atom. The SMILES string of the molecule is c1ccc(N(c2ccc(-c3ccc(-n4c5ccccc5c5ccccc54)cc3)cc2)c2ccc(-c3cccc(-c4cccc5oc6ccccc6c45)c3)cc2)cc1. The van der Waals surface area contributed by atoms with Crippen LogP contribution in [0, 0.1) is 0 Å². The van der Waals surface area contributed by atoms with E-state index in [1.165, 1.54) is 49.6 Å². The summed E-state index contributed by atoms with van der Waals surface area (Å²) in [6.07, 6.45) is 0. The largest absolute Gasteiger partial charge is 0.456 e. The molecule has 9 aromatic carbocycles. The zero-order chi connectivity index (χ0) is 37.7. The number of anilines is 3. The monoisotopic (exact) mass is 728 g/mol. The molecule has 2 heterocycles. The molecule has 11 aromatic rings. The molecule has 2 aromatic heterocycles. The molecule has 3 heteroatoms. The minimum atomic E-state index is 0.908. The summed E-state index contributed by atoms with van der Waals surface area (Å²) in [6.45, 7) is 0. The van der Waals surface area contributed by atoms with Crippen LogP contribution in [0.5, 0.6) is 0 Å². The molecule has 0 aliphatic rings. The van der Waals surface area contributed by atoms with E-state index in [2.05, 4.69) is 216 Å². The predicted molar refractivity (Wildman–Crippen MR) is 239 cm³/mol. The lowest BCUT2D eigenvalue weighted by molar-refractivity contribution is 0.669. The summed E-state index contributed by atoms with van der Waals surface area (Å²) in [7, 11) is 0. The average molecular weight is 729 g/mol. The molecule has 0 spiro atoms. The van der Waals surface area contributed by atoms with Gasteiger partial charge in [0, 0.05) is 44.3 Å². The number of furan rings is 1. The van der Waals surface area contributed by atoms with Gasteiger partial charge in [-0.05, 0) is 112 Å². The summed E-state index contributed by atoms with van der Waals surface area (Å²) in [5.41, 5.74) is 15.7. The molecule has 11 rings (SSSR count). The first kappa shape index (κ1) is 32.8. The van der Waals surface area contributed by atoms with Crippen LogP contribution in [0.4, 0.5) is 17.1 Å². The highest BCUT2D eigenvalue weighted by molar-refractivity contribution is 6.12. The maximum absolute atomic E-state index is 6.20. The third kappa shape index (κ3) is 5.68. The highest BCUT2D eigenvalue weighted by Gasteiger charge is 2.16. The number of para-hydroxylation sites is 4. The zero-order valence-electron chi connectivity index (χ0n) is 31.1. The van der Waals surface area contributed by atoms with Crippen LogP contribution < -0.4 is 4.90 Å². The second-order valence-corrected chi connectivity index (χ2v) is 14.5. The van der Waals surface area contributed by atoms with E-state index in [4.69, 9.17) is 4.42 Å². The second kappa shape index (κ2) is 13.6. The molecule has 0 fully saturated rings. The molecule has 0 radical (unpaired) electrons. The van der Waals surface area contributed by atoms with Gasteiger partial charge in [0.15, 0.2) is 0 Å². The van der Waals surface area contributed by atoms with Crippen LogP contribution in [0.1, 0.15) is 0 Å². The van der Waals surface area contributed by atoms with Gasteiger partial charge in [-0.25, -0.2) is 0 Å². The van der Waals surface area contributed by atoms with Crippen LogP contribution >= 0.6 is 0 Å². The summed E-state index contributed by atoms with van der Waals surface area (Å²) < 4.78 is 8.56. The lowest BCUT2D eigenvalue weighted by Crippen LogP contribution is -2.09. The van der Waals surface area contributed by atoms with E-state index in [0.29, 0.717) is 0 Å². The quantitative estimate of drug-likeness (QED) is 0.163. The first-order valence-electron chi connectivity index (χ1n) is 19.4. The first-order valence-corrected chi connectivity index (χ1v) is 19.4. The van der Waals surface area contributed by atoms with Crippen LogP contribution in [0.25, 0.3) is 82.8 Å². The van der Waals surface area contributed by atoms with Crippen LogP contribution in [-0.4, -0.2) is 4.57 Å². The molecule has 3 nitrogen and oxygen atoms in total. The molecule has 0 aliphatic heterocycles. The Morgan fingerprint density at radius 1 is 0.333 bits per heavy atom. The van der Waals surface area contributed by atoms with Gasteiger partial charge in [0.1, 0.15) is 11.2 Å². The lowest BCUT2D eigenvalue weighted by Gasteiger charge is -2.26. The van der Waals surface area contributed by atoms with Crippen molar-refractivity contribution in [2.75, 3.05) is 4.90 Å². The van der Waals surface area contributed by atoms with Gasteiger partial charge in [-0.3, -0.25) is 0 Å². The molecule has 268 valence electrons. The molecular formula is C54H36N2O. The number of rotatable bonds is 7. The topological polar surface area (TPSA) is 21.3 Å². The highest BCUT2D eigenvalue weighted by atomic mass is 16.3. The van der Waals surface area contributed by atoms with Crippen molar-refractivity contribution in [1.82, 2.24) is 4.57 Å². The van der Waals surface area contributed by atoms with Crippen LogP contribution in [0.15, 0.2) is 223 Å². The molecule has 0 N–H and O–H groups in total. The van der Waals surface area contributed by atoms with E-state index in [0.717, 1.165) is 50.3 Å². The standard InChI is InChI=1S/C54H36N2O/c1-2-14-42(15-3-1)55(43-30-24-37(25-31-43)38-26-34-45(35-27-38)56-50-20-7-4-16-47(50)48-17-5-8-21-51(48)56)44-32-28-39(29-33-44)40-12-10-13-41(36-40)46-19-11-23-53-54(46)49-18-6-9-22-52(49)57-53/h1-36H. The van der Waals surface area contributed by atoms with Gasteiger partial charge in [-0.15, -0.1) is 0 Å².